The van der Waals surface area contributed by atoms with Crippen LogP contribution in [-0.2, 0) is 7.05 Å². The second-order valence-corrected chi connectivity index (χ2v) is 7.97. The van der Waals surface area contributed by atoms with Crippen molar-refractivity contribution in [3.05, 3.63) is 56.3 Å². The second kappa shape index (κ2) is 5.97. The van der Waals surface area contributed by atoms with Gasteiger partial charge in [0.1, 0.15) is 0 Å². The number of benzene rings is 2. The second-order valence-electron chi connectivity index (χ2n) is 5.08. The first kappa shape index (κ1) is 15.8. The first-order valence-electron chi connectivity index (χ1n) is 6.92. The molecule has 4 aromatic rings. The van der Waals surface area contributed by atoms with Gasteiger partial charge in [0, 0.05) is 12.1 Å². The van der Waals surface area contributed by atoms with Crippen LogP contribution in [0.3, 0.4) is 0 Å². The minimum atomic E-state index is -0.361. The van der Waals surface area contributed by atoms with Gasteiger partial charge in [0.15, 0.2) is 9.81 Å². The Kier molecular flexibility index (Phi) is 3.92. The summed E-state index contributed by atoms with van der Waals surface area (Å²) in [4.78, 5) is 21.6. The van der Waals surface area contributed by atoms with Gasteiger partial charge in [0.25, 0.3) is 0 Å². The lowest BCUT2D eigenvalue weighted by Gasteiger charge is -1.98. The van der Waals surface area contributed by atoms with Crippen LogP contribution in [0, 0.1) is 0 Å². The molecule has 0 bridgehead atoms. The molecule has 8 heteroatoms. The highest BCUT2D eigenvalue weighted by molar-refractivity contribution is 7.20. The summed E-state index contributed by atoms with van der Waals surface area (Å²) in [5.41, 5.74) is 1.61. The van der Waals surface area contributed by atoms with Crippen molar-refractivity contribution in [3.63, 3.8) is 0 Å². The fourth-order valence-electron chi connectivity index (χ4n) is 2.40. The molecule has 0 saturated heterocycles. The number of hydrogen-bond acceptors (Lipinski definition) is 4. The molecule has 0 saturated carbocycles. The van der Waals surface area contributed by atoms with E-state index in [2.05, 4.69) is 9.98 Å². The van der Waals surface area contributed by atoms with Crippen LogP contribution >= 0.6 is 45.9 Å². The molecule has 24 heavy (non-hydrogen) atoms. The molecule has 0 N–H and O–H groups in total. The van der Waals surface area contributed by atoms with Gasteiger partial charge in [0.2, 0.25) is 0 Å². The Hall–Kier alpha value is -1.73. The molecular weight excluding hydrogens is 385 g/mol. The molecule has 0 aliphatic carbocycles. The molecular formula is C16H9Cl2N3OS2. The van der Waals surface area contributed by atoms with Crippen molar-refractivity contribution in [1.29, 1.82) is 0 Å². The molecule has 0 aliphatic rings. The van der Waals surface area contributed by atoms with Crippen molar-refractivity contribution in [2.45, 2.75) is 0 Å². The van der Waals surface area contributed by atoms with E-state index >= 15 is 0 Å². The van der Waals surface area contributed by atoms with Gasteiger partial charge in [0.05, 0.1) is 25.5 Å². The fraction of sp³-hybridized carbons (Fsp3) is 0.0625. The van der Waals surface area contributed by atoms with Crippen LogP contribution in [-0.4, -0.2) is 15.5 Å². The van der Waals surface area contributed by atoms with Crippen LogP contribution in [0.15, 0.2) is 41.4 Å². The maximum absolute atomic E-state index is 12.5. The van der Waals surface area contributed by atoms with Crippen molar-refractivity contribution in [2.24, 2.45) is 12.0 Å². The van der Waals surface area contributed by atoms with E-state index in [0.717, 1.165) is 20.4 Å². The van der Waals surface area contributed by atoms with Gasteiger partial charge >= 0.3 is 5.91 Å². The number of fused-ring (bicyclic) bond motifs is 2. The van der Waals surface area contributed by atoms with Crippen LogP contribution in [0.4, 0.5) is 0 Å². The minimum absolute atomic E-state index is 0.361. The Labute approximate surface area is 154 Å². The summed E-state index contributed by atoms with van der Waals surface area (Å²) in [6.45, 7) is 0. The van der Waals surface area contributed by atoms with Crippen LogP contribution in [0.2, 0.25) is 10.0 Å². The highest BCUT2D eigenvalue weighted by atomic mass is 35.5. The number of aromatic nitrogens is 2. The molecule has 0 aliphatic heterocycles. The Morgan fingerprint density at radius 1 is 1.17 bits per heavy atom. The fourth-order valence-corrected chi connectivity index (χ4v) is 5.08. The maximum atomic E-state index is 12.5. The smallest absolute Gasteiger partial charge is 0.308 e. The number of para-hydroxylation sites is 1. The largest absolute Gasteiger partial charge is 0.318 e. The third kappa shape index (κ3) is 2.65. The summed E-state index contributed by atoms with van der Waals surface area (Å²) in [6.07, 6.45) is 0. The van der Waals surface area contributed by atoms with Crippen LogP contribution < -0.4 is 4.80 Å². The van der Waals surface area contributed by atoms with Gasteiger partial charge in [-0.05, 0) is 24.3 Å². The van der Waals surface area contributed by atoms with Gasteiger partial charge < -0.3 is 4.57 Å². The number of halogens is 2. The molecule has 0 atom stereocenters. The number of rotatable bonds is 1. The normalized spacial score (nSPS) is 12.4. The zero-order valence-electron chi connectivity index (χ0n) is 12.3. The minimum Gasteiger partial charge on any atom is -0.318 e. The Bertz CT molecular complexity index is 1140. The molecule has 2 heterocycles. The summed E-state index contributed by atoms with van der Waals surface area (Å²) in [5, 5.41) is 1.46. The number of nitrogens with zero attached hydrogens (tertiary/aromatic N) is 3. The standard InChI is InChI=1S/C16H9Cl2N3OS2/c1-21-13-9(18)6-8(17)7-12(13)24-16(21)20-14(22)15-19-10-4-2-3-5-11(10)23-15/h2-7H,1H3. The summed E-state index contributed by atoms with van der Waals surface area (Å²) < 4.78 is 3.64. The molecule has 0 fully saturated rings. The molecule has 4 nitrogen and oxygen atoms in total. The van der Waals surface area contributed by atoms with Crippen molar-refractivity contribution in [1.82, 2.24) is 9.55 Å². The summed E-state index contributed by atoms with van der Waals surface area (Å²) >= 11 is 15.0. The molecule has 2 aromatic carbocycles. The van der Waals surface area contributed by atoms with Crippen molar-refractivity contribution < 1.29 is 4.79 Å². The average Bonchev–Trinajstić information content (AvgIpc) is 3.09. The van der Waals surface area contributed by atoms with Gasteiger partial charge in [-0.1, -0.05) is 46.7 Å². The lowest BCUT2D eigenvalue weighted by Crippen LogP contribution is -2.13. The number of hydrogen-bond donors (Lipinski definition) is 0. The molecule has 0 radical (unpaired) electrons. The highest BCUT2D eigenvalue weighted by Crippen LogP contribution is 2.29. The van der Waals surface area contributed by atoms with E-state index in [-0.39, 0.29) is 5.91 Å². The molecule has 120 valence electrons. The molecule has 0 spiro atoms. The monoisotopic (exact) mass is 393 g/mol. The molecule has 2 aromatic heterocycles. The van der Waals surface area contributed by atoms with E-state index in [9.17, 15) is 4.79 Å². The highest BCUT2D eigenvalue weighted by Gasteiger charge is 2.13. The van der Waals surface area contributed by atoms with Crippen molar-refractivity contribution >= 4 is 72.2 Å². The summed E-state index contributed by atoms with van der Waals surface area (Å²) in [5.74, 6) is -0.361. The van der Waals surface area contributed by atoms with Crippen LogP contribution in [0.25, 0.3) is 20.4 Å². The topological polar surface area (TPSA) is 47.2 Å². The number of aryl methyl sites for hydroxylation is 1. The molecule has 0 unspecified atom stereocenters. The number of carbonyl (C=O) groups excluding carboxylic acids is 1. The van der Waals surface area contributed by atoms with Gasteiger partial charge in [-0.2, -0.15) is 4.99 Å². The summed E-state index contributed by atoms with van der Waals surface area (Å²) in [7, 11) is 1.82. The summed E-state index contributed by atoms with van der Waals surface area (Å²) in [6, 6.07) is 11.1. The van der Waals surface area contributed by atoms with Gasteiger partial charge in [-0.25, -0.2) is 4.98 Å². The van der Waals surface area contributed by atoms with Crippen molar-refractivity contribution in [3.8, 4) is 0 Å². The van der Waals surface area contributed by atoms with E-state index in [1.807, 2.05) is 37.4 Å². The van der Waals surface area contributed by atoms with E-state index in [1.54, 1.807) is 10.6 Å². The van der Waals surface area contributed by atoms with Crippen LogP contribution in [0.1, 0.15) is 9.80 Å². The van der Waals surface area contributed by atoms with Gasteiger partial charge in [-0.3, -0.25) is 4.79 Å². The Balaban J connectivity index is 1.85. The zero-order valence-corrected chi connectivity index (χ0v) is 15.4. The third-order valence-corrected chi connectivity index (χ3v) is 6.10. The van der Waals surface area contributed by atoms with E-state index in [1.165, 1.54) is 22.7 Å². The van der Waals surface area contributed by atoms with Crippen molar-refractivity contribution in [2.75, 3.05) is 0 Å². The quantitative estimate of drug-likeness (QED) is 0.461. The third-order valence-electron chi connectivity index (χ3n) is 3.49. The number of carbonyl (C=O) groups is 1. The van der Waals surface area contributed by atoms with Crippen LogP contribution in [0.5, 0.6) is 0 Å². The maximum Gasteiger partial charge on any atom is 0.308 e. The Morgan fingerprint density at radius 3 is 2.75 bits per heavy atom. The zero-order chi connectivity index (χ0) is 16.8. The van der Waals surface area contributed by atoms with E-state index in [4.69, 9.17) is 23.2 Å². The number of thiazole rings is 2. The predicted octanol–water partition coefficient (Wildman–Crippen LogP) is 4.90. The lowest BCUT2D eigenvalue weighted by atomic mass is 10.3. The lowest BCUT2D eigenvalue weighted by molar-refractivity contribution is 0.0998. The van der Waals surface area contributed by atoms with E-state index < -0.39 is 0 Å². The first-order chi connectivity index (χ1) is 11.5. The predicted molar refractivity (Wildman–Crippen MR) is 100 cm³/mol. The average molecular weight is 394 g/mol. The SMILES string of the molecule is Cn1c(=NC(=O)c2nc3ccccc3s2)sc2cc(Cl)cc(Cl)c21. The van der Waals surface area contributed by atoms with E-state index in [0.29, 0.717) is 19.9 Å². The molecule has 4 rings (SSSR count). The van der Waals surface area contributed by atoms with Gasteiger partial charge in [-0.15, -0.1) is 11.3 Å². The Morgan fingerprint density at radius 2 is 1.96 bits per heavy atom. The first-order valence-corrected chi connectivity index (χ1v) is 9.31. The molecule has 1 amide bonds. The number of amides is 1.